The molecule has 1 saturated heterocycles. The lowest BCUT2D eigenvalue weighted by molar-refractivity contribution is -0.00165. The molecule has 1 amide bonds. The summed E-state index contributed by atoms with van der Waals surface area (Å²) in [6.45, 7) is 5.55. The molecule has 1 unspecified atom stereocenters. The first-order valence-corrected chi connectivity index (χ1v) is 10.9. The summed E-state index contributed by atoms with van der Waals surface area (Å²) < 4.78 is 5.76. The first-order valence-electron chi connectivity index (χ1n) is 10.9. The Morgan fingerprint density at radius 3 is 2.48 bits per heavy atom. The Balaban J connectivity index is 1.45. The molecule has 2 aromatic heterocycles. The van der Waals surface area contributed by atoms with Gasteiger partial charge in [0.2, 0.25) is 0 Å². The number of aromatic nitrogens is 6. The number of hydrogen-bond donors (Lipinski definition) is 0. The Bertz CT molecular complexity index is 1250. The van der Waals surface area contributed by atoms with Crippen LogP contribution in [0.3, 0.4) is 0 Å². The van der Waals surface area contributed by atoms with Crippen molar-refractivity contribution in [3.05, 3.63) is 83.4 Å². The van der Waals surface area contributed by atoms with Crippen LogP contribution in [0.5, 0.6) is 0 Å². The van der Waals surface area contributed by atoms with Gasteiger partial charge in [0, 0.05) is 6.54 Å². The Hall–Kier alpha value is -3.85. The smallest absolute Gasteiger partial charge is 0.256 e. The molecule has 1 fully saturated rings. The standard InChI is InChI=1S/C24H25N7O2/c1-17-6-7-22(23(18(17)2)31-27-10-11-28-31)24(32)29-12-13-33-16-21(29)15-19-4-3-5-20(14-19)30-25-8-9-26-30/h3-11,14,21H,12-13,15-16H2,1-2H3. The lowest BCUT2D eigenvalue weighted by Crippen LogP contribution is -2.50. The maximum atomic E-state index is 13.8. The number of carbonyl (C=O) groups excluding carboxylic acids is 1. The van der Waals surface area contributed by atoms with Gasteiger partial charge >= 0.3 is 0 Å². The van der Waals surface area contributed by atoms with Crippen LogP contribution < -0.4 is 0 Å². The lowest BCUT2D eigenvalue weighted by Gasteiger charge is -2.36. The SMILES string of the molecule is Cc1ccc(C(=O)N2CCOCC2Cc2cccc(-n3nccn3)c2)c(-n2nccn2)c1C. The van der Waals surface area contributed by atoms with E-state index < -0.39 is 0 Å². The van der Waals surface area contributed by atoms with Crippen molar-refractivity contribution in [1.82, 2.24) is 34.9 Å². The van der Waals surface area contributed by atoms with Gasteiger partial charge in [-0.1, -0.05) is 18.2 Å². The summed E-state index contributed by atoms with van der Waals surface area (Å²) in [5.41, 5.74) is 5.36. The molecule has 1 aliphatic rings. The third-order valence-corrected chi connectivity index (χ3v) is 6.07. The average molecular weight is 444 g/mol. The molecule has 0 spiro atoms. The third kappa shape index (κ3) is 4.14. The first kappa shape index (κ1) is 21.0. The highest BCUT2D eigenvalue weighted by atomic mass is 16.5. The van der Waals surface area contributed by atoms with Crippen LogP contribution in [-0.4, -0.2) is 66.6 Å². The molecular weight excluding hydrogens is 418 g/mol. The maximum absolute atomic E-state index is 13.8. The Labute approximate surface area is 191 Å². The molecule has 9 nitrogen and oxygen atoms in total. The van der Waals surface area contributed by atoms with Crippen LogP contribution in [0.1, 0.15) is 27.0 Å². The summed E-state index contributed by atoms with van der Waals surface area (Å²) in [5, 5.41) is 17.0. The van der Waals surface area contributed by atoms with Crippen LogP contribution in [0, 0.1) is 13.8 Å². The molecule has 3 heterocycles. The molecule has 9 heteroatoms. The maximum Gasteiger partial charge on any atom is 0.256 e. The monoisotopic (exact) mass is 443 g/mol. The summed E-state index contributed by atoms with van der Waals surface area (Å²) in [5.74, 6) is -0.0383. The number of aryl methyl sites for hydroxylation is 1. The highest BCUT2D eigenvalue weighted by Crippen LogP contribution is 2.25. The summed E-state index contributed by atoms with van der Waals surface area (Å²) in [6, 6.07) is 11.8. The first-order chi connectivity index (χ1) is 16.1. The number of ether oxygens (including phenoxy) is 1. The molecular formula is C24H25N7O2. The van der Waals surface area contributed by atoms with Crippen LogP contribution in [0.15, 0.2) is 61.2 Å². The van der Waals surface area contributed by atoms with Gasteiger partial charge in [-0.3, -0.25) is 4.79 Å². The van der Waals surface area contributed by atoms with E-state index in [1.165, 1.54) is 4.80 Å². The van der Waals surface area contributed by atoms with Crippen molar-refractivity contribution in [2.45, 2.75) is 26.3 Å². The van der Waals surface area contributed by atoms with Crippen molar-refractivity contribution < 1.29 is 9.53 Å². The fourth-order valence-electron chi connectivity index (χ4n) is 4.24. The second-order valence-electron chi connectivity index (χ2n) is 8.14. The van der Waals surface area contributed by atoms with Gasteiger partial charge in [0.05, 0.1) is 55.3 Å². The average Bonchev–Trinajstić information content (AvgIpc) is 3.56. The summed E-state index contributed by atoms with van der Waals surface area (Å²) >= 11 is 0. The number of hydrogen-bond acceptors (Lipinski definition) is 6. The van der Waals surface area contributed by atoms with Crippen molar-refractivity contribution in [2.24, 2.45) is 0 Å². The van der Waals surface area contributed by atoms with Gasteiger partial charge in [-0.25, -0.2) is 0 Å². The van der Waals surface area contributed by atoms with E-state index in [0.717, 1.165) is 28.1 Å². The topological polar surface area (TPSA) is 91.0 Å². The predicted octanol–water partition coefficient (Wildman–Crippen LogP) is 2.55. The second-order valence-corrected chi connectivity index (χ2v) is 8.14. The van der Waals surface area contributed by atoms with Crippen molar-refractivity contribution in [2.75, 3.05) is 19.8 Å². The fourth-order valence-corrected chi connectivity index (χ4v) is 4.24. The van der Waals surface area contributed by atoms with E-state index in [1.807, 2.05) is 49.1 Å². The summed E-state index contributed by atoms with van der Waals surface area (Å²) in [7, 11) is 0. The fraction of sp³-hybridized carbons (Fsp3) is 0.292. The normalized spacial score (nSPS) is 16.2. The highest BCUT2D eigenvalue weighted by Gasteiger charge is 2.31. The van der Waals surface area contributed by atoms with Gasteiger partial charge in [-0.15, -0.1) is 0 Å². The van der Waals surface area contributed by atoms with Crippen LogP contribution in [0.2, 0.25) is 0 Å². The predicted molar refractivity (Wildman–Crippen MR) is 122 cm³/mol. The number of amides is 1. The molecule has 0 N–H and O–H groups in total. The third-order valence-electron chi connectivity index (χ3n) is 6.07. The van der Waals surface area contributed by atoms with Crippen molar-refractivity contribution in [3.63, 3.8) is 0 Å². The molecule has 0 aliphatic carbocycles. The summed E-state index contributed by atoms with van der Waals surface area (Å²) in [6.07, 6.45) is 7.21. The van der Waals surface area contributed by atoms with Crippen LogP contribution in [-0.2, 0) is 11.2 Å². The molecule has 1 aliphatic heterocycles. The van der Waals surface area contributed by atoms with E-state index >= 15 is 0 Å². The van der Waals surface area contributed by atoms with Gasteiger partial charge in [0.15, 0.2) is 0 Å². The summed E-state index contributed by atoms with van der Waals surface area (Å²) in [4.78, 5) is 18.8. The van der Waals surface area contributed by atoms with E-state index in [-0.39, 0.29) is 11.9 Å². The lowest BCUT2D eigenvalue weighted by atomic mass is 9.99. The Kier molecular flexibility index (Phi) is 5.70. The Morgan fingerprint density at radius 1 is 1.00 bits per heavy atom. The minimum Gasteiger partial charge on any atom is -0.377 e. The molecule has 5 rings (SSSR count). The van der Waals surface area contributed by atoms with Crippen LogP contribution >= 0.6 is 0 Å². The van der Waals surface area contributed by atoms with E-state index in [4.69, 9.17) is 4.74 Å². The number of rotatable bonds is 5. The number of carbonyl (C=O) groups is 1. The van der Waals surface area contributed by atoms with E-state index in [1.54, 1.807) is 29.6 Å². The molecule has 0 bridgehead atoms. The van der Waals surface area contributed by atoms with Crippen LogP contribution in [0.25, 0.3) is 11.4 Å². The molecule has 33 heavy (non-hydrogen) atoms. The van der Waals surface area contributed by atoms with Gasteiger partial charge in [-0.2, -0.15) is 30.0 Å². The number of nitrogens with zero attached hydrogens (tertiary/aromatic N) is 7. The molecule has 1 atom stereocenters. The Morgan fingerprint density at radius 2 is 1.73 bits per heavy atom. The van der Waals surface area contributed by atoms with Crippen molar-refractivity contribution in [1.29, 1.82) is 0 Å². The molecule has 168 valence electrons. The zero-order valence-electron chi connectivity index (χ0n) is 18.6. The van der Waals surface area contributed by atoms with Crippen molar-refractivity contribution in [3.8, 4) is 11.4 Å². The molecule has 0 saturated carbocycles. The quantitative estimate of drug-likeness (QED) is 0.471. The van der Waals surface area contributed by atoms with E-state index in [9.17, 15) is 4.79 Å². The second kappa shape index (κ2) is 8.95. The van der Waals surface area contributed by atoms with Crippen molar-refractivity contribution >= 4 is 5.91 Å². The van der Waals surface area contributed by atoms with Gasteiger partial charge in [0.25, 0.3) is 5.91 Å². The molecule has 0 radical (unpaired) electrons. The minimum absolute atomic E-state index is 0.0383. The minimum atomic E-state index is -0.0906. The zero-order valence-corrected chi connectivity index (χ0v) is 18.6. The molecule has 4 aromatic rings. The highest BCUT2D eigenvalue weighted by molar-refractivity contribution is 5.98. The van der Waals surface area contributed by atoms with Gasteiger partial charge in [0.1, 0.15) is 5.69 Å². The largest absolute Gasteiger partial charge is 0.377 e. The van der Waals surface area contributed by atoms with Crippen LogP contribution in [0.4, 0.5) is 0 Å². The number of morpholine rings is 1. The van der Waals surface area contributed by atoms with E-state index in [2.05, 4.69) is 26.5 Å². The van der Waals surface area contributed by atoms with Gasteiger partial charge in [-0.05, 0) is 55.2 Å². The zero-order chi connectivity index (χ0) is 22.8. The van der Waals surface area contributed by atoms with Gasteiger partial charge < -0.3 is 9.64 Å². The number of benzene rings is 2. The van der Waals surface area contributed by atoms with E-state index in [0.29, 0.717) is 31.7 Å². The molecule has 2 aromatic carbocycles.